The van der Waals surface area contributed by atoms with E-state index in [1.54, 1.807) is 30.0 Å². The second-order valence-corrected chi connectivity index (χ2v) is 7.19. The van der Waals surface area contributed by atoms with Gasteiger partial charge in [-0.3, -0.25) is 4.79 Å². The first-order valence-electron chi connectivity index (χ1n) is 9.05. The first-order valence-corrected chi connectivity index (χ1v) is 9.43. The molecule has 0 bridgehead atoms. The number of quaternary nitrogens is 1. The van der Waals surface area contributed by atoms with Gasteiger partial charge in [0.1, 0.15) is 11.4 Å². The van der Waals surface area contributed by atoms with Gasteiger partial charge in [0, 0.05) is 10.6 Å². The number of likely N-dealkylation sites (N-methyl/N-ethyl adjacent to an activating group) is 1. The van der Waals surface area contributed by atoms with Crippen LogP contribution in [-0.2, 0) is 0 Å². The second kappa shape index (κ2) is 8.91. The fourth-order valence-electron chi connectivity index (χ4n) is 2.79. The maximum Gasteiger partial charge on any atom is 0.270 e. The maximum atomic E-state index is 12.8. The Morgan fingerprint density at radius 1 is 1.18 bits per heavy atom. The second-order valence-electron chi connectivity index (χ2n) is 6.75. The molecule has 28 heavy (non-hydrogen) atoms. The Bertz CT molecular complexity index is 969. The Kier molecular flexibility index (Phi) is 6.34. The minimum Gasteiger partial charge on any atom is -0.497 e. The number of carbonyl (C=O) groups is 1. The molecule has 3 aromatic rings. The van der Waals surface area contributed by atoms with Gasteiger partial charge in [0.05, 0.1) is 45.7 Å². The molecule has 146 valence electrons. The topological polar surface area (TPSA) is 60.6 Å². The van der Waals surface area contributed by atoms with E-state index in [0.29, 0.717) is 23.0 Å². The number of ether oxygens (including phenoxy) is 1. The predicted octanol–water partition coefficient (Wildman–Crippen LogP) is 2.08. The molecule has 2 aromatic carbocycles. The normalized spacial score (nSPS) is 10.9. The van der Waals surface area contributed by atoms with Crippen molar-refractivity contribution < 1.29 is 14.4 Å². The van der Waals surface area contributed by atoms with Gasteiger partial charge in [-0.15, -0.1) is 0 Å². The molecule has 1 amide bonds. The van der Waals surface area contributed by atoms with Crippen LogP contribution in [0.3, 0.4) is 0 Å². The Morgan fingerprint density at radius 3 is 2.68 bits per heavy atom. The zero-order valence-electron chi connectivity index (χ0n) is 16.2. The molecule has 0 saturated heterocycles. The van der Waals surface area contributed by atoms with Crippen LogP contribution in [0.15, 0.2) is 54.6 Å². The van der Waals surface area contributed by atoms with Gasteiger partial charge in [0.15, 0.2) is 0 Å². The van der Waals surface area contributed by atoms with E-state index in [1.165, 1.54) is 4.90 Å². The van der Waals surface area contributed by atoms with Gasteiger partial charge < -0.3 is 15.0 Å². The quantitative estimate of drug-likeness (QED) is 0.639. The van der Waals surface area contributed by atoms with E-state index in [2.05, 4.69) is 10.4 Å². The summed E-state index contributed by atoms with van der Waals surface area (Å²) < 4.78 is 6.93. The summed E-state index contributed by atoms with van der Waals surface area (Å²) in [5, 5.41) is 8.21. The molecule has 1 aromatic heterocycles. The van der Waals surface area contributed by atoms with Crippen molar-refractivity contribution in [2.24, 2.45) is 0 Å². The monoisotopic (exact) mass is 399 g/mol. The molecule has 0 aliphatic carbocycles. The van der Waals surface area contributed by atoms with Crippen molar-refractivity contribution >= 4 is 17.5 Å². The van der Waals surface area contributed by atoms with Crippen LogP contribution in [0.5, 0.6) is 5.75 Å². The minimum atomic E-state index is -0.178. The number of amides is 1. The third-order valence-corrected chi connectivity index (χ3v) is 4.51. The molecular formula is C21H24ClN4O2+. The van der Waals surface area contributed by atoms with Crippen molar-refractivity contribution in [1.82, 2.24) is 15.1 Å². The molecule has 6 nitrogen and oxygen atoms in total. The van der Waals surface area contributed by atoms with E-state index in [9.17, 15) is 4.79 Å². The van der Waals surface area contributed by atoms with Gasteiger partial charge in [0.2, 0.25) is 0 Å². The van der Waals surface area contributed by atoms with Gasteiger partial charge in [0.25, 0.3) is 5.91 Å². The molecule has 0 aliphatic heterocycles. The average molecular weight is 400 g/mol. The molecular weight excluding hydrogens is 376 g/mol. The smallest absolute Gasteiger partial charge is 0.270 e. The Hall–Kier alpha value is -2.83. The number of nitrogens with one attached hydrogen (secondary N) is 2. The molecule has 0 unspecified atom stereocenters. The van der Waals surface area contributed by atoms with Gasteiger partial charge in [-0.1, -0.05) is 29.8 Å². The number of aromatic nitrogens is 2. The van der Waals surface area contributed by atoms with Crippen molar-refractivity contribution in [2.75, 3.05) is 34.3 Å². The summed E-state index contributed by atoms with van der Waals surface area (Å²) in [4.78, 5) is 14.1. The zero-order valence-corrected chi connectivity index (χ0v) is 17.0. The highest BCUT2D eigenvalue weighted by atomic mass is 35.5. The molecule has 0 atom stereocenters. The summed E-state index contributed by atoms with van der Waals surface area (Å²) in [6.45, 7) is 1.41. The lowest BCUT2D eigenvalue weighted by Gasteiger charge is -2.10. The van der Waals surface area contributed by atoms with Crippen LogP contribution in [-0.4, -0.2) is 50.0 Å². The molecule has 2 N–H and O–H groups in total. The molecule has 0 radical (unpaired) electrons. The summed E-state index contributed by atoms with van der Waals surface area (Å²) in [5.41, 5.74) is 2.73. The number of methoxy groups -OCH3 is 1. The van der Waals surface area contributed by atoms with E-state index in [4.69, 9.17) is 16.3 Å². The number of nitrogens with zero attached hydrogens (tertiary/aromatic N) is 2. The van der Waals surface area contributed by atoms with Crippen LogP contribution >= 0.6 is 11.6 Å². The summed E-state index contributed by atoms with van der Waals surface area (Å²) in [6.07, 6.45) is 0. The number of hydrogen-bond acceptors (Lipinski definition) is 3. The van der Waals surface area contributed by atoms with Crippen molar-refractivity contribution in [3.05, 3.63) is 65.3 Å². The minimum absolute atomic E-state index is 0.178. The van der Waals surface area contributed by atoms with Crippen molar-refractivity contribution in [3.8, 4) is 22.7 Å². The molecule has 3 rings (SSSR count). The SMILES string of the molecule is COc1cccc(-c2cc(C(=O)NCC[NH+](C)C)n(-c3cccc(Cl)c3)n2)c1. The van der Waals surface area contributed by atoms with E-state index in [-0.39, 0.29) is 5.91 Å². The standard InChI is InChI=1S/C21H23ClN4O2/c1-25(2)11-10-23-21(27)20-14-19(15-6-4-9-18(12-15)28-3)24-26(20)17-8-5-7-16(22)13-17/h4-9,12-14H,10-11H2,1-3H3,(H,23,27)/p+1. The molecule has 0 spiro atoms. The Morgan fingerprint density at radius 2 is 1.96 bits per heavy atom. The van der Waals surface area contributed by atoms with E-state index >= 15 is 0 Å². The number of hydrogen-bond donors (Lipinski definition) is 2. The highest BCUT2D eigenvalue weighted by Crippen LogP contribution is 2.26. The van der Waals surface area contributed by atoms with Crippen LogP contribution in [0.4, 0.5) is 0 Å². The lowest BCUT2D eigenvalue weighted by molar-refractivity contribution is -0.856. The van der Waals surface area contributed by atoms with Gasteiger partial charge in [-0.05, 0) is 36.4 Å². The van der Waals surface area contributed by atoms with E-state index < -0.39 is 0 Å². The third kappa shape index (κ3) is 4.71. The molecule has 0 saturated carbocycles. The molecule has 1 heterocycles. The van der Waals surface area contributed by atoms with E-state index in [0.717, 1.165) is 23.5 Å². The molecule has 0 fully saturated rings. The fourth-order valence-corrected chi connectivity index (χ4v) is 2.97. The summed E-state index contributed by atoms with van der Waals surface area (Å²) in [5.74, 6) is 0.553. The van der Waals surface area contributed by atoms with Crippen molar-refractivity contribution in [1.29, 1.82) is 0 Å². The van der Waals surface area contributed by atoms with Gasteiger partial charge in [-0.25, -0.2) is 4.68 Å². The number of halogens is 1. The Labute approximate surface area is 169 Å². The molecule has 7 heteroatoms. The van der Waals surface area contributed by atoms with Crippen molar-refractivity contribution in [2.45, 2.75) is 0 Å². The van der Waals surface area contributed by atoms with Crippen LogP contribution in [0.2, 0.25) is 5.02 Å². The van der Waals surface area contributed by atoms with Crippen LogP contribution in [0.1, 0.15) is 10.5 Å². The largest absolute Gasteiger partial charge is 0.497 e. The number of rotatable bonds is 7. The summed E-state index contributed by atoms with van der Waals surface area (Å²) >= 11 is 6.15. The van der Waals surface area contributed by atoms with Crippen LogP contribution in [0.25, 0.3) is 16.9 Å². The maximum absolute atomic E-state index is 12.8. The summed E-state index contributed by atoms with van der Waals surface area (Å²) in [6, 6.07) is 16.7. The van der Waals surface area contributed by atoms with E-state index in [1.807, 2.05) is 50.5 Å². The lowest BCUT2D eigenvalue weighted by Crippen LogP contribution is -3.06. The summed E-state index contributed by atoms with van der Waals surface area (Å²) in [7, 11) is 5.71. The number of benzene rings is 2. The lowest BCUT2D eigenvalue weighted by atomic mass is 10.1. The number of carbonyl (C=O) groups excluding carboxylic acids is 1. The van der Waals surface area contributed by atoms with Gasteiger partial charge in [-0.2, -0.15) is 5.10 Å². The zero-order chi connectivity index (χ0) is 20.1. The highest BCUT2D eigenvalue weighted by molar-refractivity contribution is 6.30. The average Bonchev–Trinajstić information content (AvgIpc) is 3.13. The first kappa shape index (κ1) is 19.9. The third-order valence-electron chi connectivity index (χ3n) is 4.27. The van der Waals surface area contributed by atoms with Crippen LogP contribution < -0.4 is 15.0 Å². The fraction of sp³-hybridized carbons (Fsp3) is 0.238. The molecule has 0 aliphatic rings. The highest BCUT2D eigenvalue weighted by Gasteiger charge is 2.18. The first-order chi connectivity index (χ1) is 13.5. The van der Waals surface area contributed by atoms with Crippen LogP contribution in [0, 0.1) is 0 Å². The predicted molar refractivity (Wildman–Crippen MR) is 111 cm³/mol. The Balaban J connectivity index is 2.00. The van der Waals surface area contributed by atoms with Crippen molar-refractivity contribution in [3.63, 3.8) is 0 Å². The van der Waals surface area contributed by atoms with Gasteiger partial charge >= 0.3 is 0 Å².